The summed E-state index contributed by atoms with van der Waals surface area (Å²) in [5, 5.41) is 10.5. The molecule has 2 aliphatic rings. The Morgan fingerprint density at radius 3 is 2.62 bits per heavy atom. The van der Waals surface area contributed by atoms with Crippen LogP contribution in [0.2, 0.25) is 17.1 Å². The Balaban J connectivity index is 1.73. The number of urea groups is 1. The van der Waals surface area contributed by atoms with E-state index in [1.165, 1.54) is 0 Å². The third-order valence-electron chi connectivity index (χ3n) is 5.66. The fourth-order valence-corrected chi connectivity index (χ4v) is 4.59. The van der Waals surface area contributed by atoms with Gasteiger partial charge in [-0.25, -0.2) is 9.78 Å². The molecule has 2 amide bonds. The number of anilines is 2. The number of aromatic nitrogens is 2. The van der Waals surface area contributed by atoms with Gasteiger partial charge in [-0.1, -0.05) is 23.7 Å². The number of rotatable bonds is 3. The first-order valence-corrected chi connectivity index (χ1v) is 10.4. The largest absolute Gasteiger partial charge is 0.437 e. The van der Waals surface area contributed by atoms with Crippen molar-refractivity contribution < 1.29 is 9.82 Å². The minimum Gasteiger partial charge on any atom is -0.437 e. The highest BCUT2D eigenvalue weighted by Gasteiger charge is 2.40. The molecule has 3 heterocycles. The van der Waals surface area contributed by atoms with Gasteiger partial charge in [0.05, 0.1) is 17.3 Å². The molecule has 2 aliphatic heterocycles. The summed E-state index contributed by atoms with van der Waals surface area (Å²) >= 11 is 12.5. The van der Waals surface area contributed by atoms with E-state index in [1.54, 1.807) is 28.9 Å². The molecule has 1 aromatic carbocycles. The van der Waals surface area contributed by atoms with Gasteiger partial charge in [-0.3, -0.25) is 9.80 Å². The SMILES string of the molecule is CB(O)N1CCC(N2C(=O)N(c3c(C)cccc3Cl)Cc3cnc(Cl)nc32)CC1. The van der Waals surface area contributed by atoms with E-state index < -0.39 is 7.05 Å². The third-order valence-corrected chi connectivity index (χ3v) is 6.14. The smallest absolute Gasteiger partial charge is 0.376 e. The van der Waals surface area contributed by atoms with Crippen molar-refractivity contribution in [2.24, 2.45) is 0 Å². The molecule has 2 aromatic rings. The van der Waals surface area contributed by atoms with Crippen LogP contribution in [0.5, 0.6) is 0 Å². The summed E-state index contributed by atoms with van der Waals surface area (Å²) in [5.74, 6) is 0.562. The number of hydrogen-bond acceptors (Lipinski definition) is 5. The van der Waals surface area contributed by atoms with Crippen LogP contribution in [0.1, 0.15) is 24.0 Å². The molecular formula is C19H22BCl2N5O2. The summed E-state index contributed by atoms with van der Waals surface area (Å²) in [7, 11) is -0.501. The maximum atomic E-state index is 13.6. The molecule has 0 unspecified atom stereocenters. The third kappa shape index (κ3) is 3.82. The zero-order valence-electron chi connectivity index (χ0n) is 16.3. The lowest BCUT2D eigenvalue weighted by Gasteiger charge is -2.43. The van der Waals surface area contributed by atoms with Crippen molar-refractivity contribution in [1.29, 1.82) is 0 Å². The Labute approximate surface area is 180 Å². The first-order valence-electron chi connectivity index (χ1n) is 9.66. The van der Waals surface area contributed by atoms with Crippen molar-refractivity contribution in [3.63, 3.8) is 0 Å². The van der Waals surface area contributed by atoms with Gasteiger partial charge in [0, 0.05) is 17.8 Å². The van der Waals surface area contributed by atoms with Gasteiger partial charge in [0.2, 0.25) is 5.28 Å². The van der Waals surface area contributed by atoms with E-state index >= 15 is 0 Å². The van der Waals surface area contributed by atoms with E-state index in [0.29, 0.717) is 36.2 Å². The molecule has 0 aliphatic carbocycles. The Bertz CT molecular complexity index is 917. The Hall–Kier alpha value is -1.87. The minimum absolute atomic E-state index is 0.0483. The first kappa shape index (κ1) is 20.4. The number of aryl methyl sites for hydroxylation is 1. The summed E-state index contributed by atoms with van der Waals surface area (Å²) in [6, 6.07) is 5.38. The molecule has 0 atom stereocenters. The molecule has 0 spiro atoms. The second kappa shape index (κ2) is 8.10. The number of nitrogens with zero attached hydrogens (tertiary/aromatic N) is 5. The average molecular weight is 434 g/mol. The standard InChI is InChI=1S/C19H22BCl2N5O2/c1-12-4-3-5-15(21)16(12)26-11-13-10-23-18(22)24-17(13)27(19(26)28)14-6-8-25(9-7-14)20(2)29/h3-5,10,14,29H,6-9,11H2,1-2H3. The van der Waals surface area contributed by atoms with Crippen LogP contribution < -0.4 is 9.80 Å². The van der Waals surface area contributed by atoms with Crippen LogP contribution in [0.4, 0.5) is 16.3 Å². The first-order chi connectivity index (χ1) is 13.9. The van der Waals surface area contributed by atoms with Crippen molar-refractivity contribution >= 4 is 47.8 Å². The van der Waals surface area contributed by atoms with Crippen LogP contribution in [0, 0.1) is 6.92 Å². The van der Waals surface area contributed by atoms with Crippen molar-refractivity contribution in [3.8, 4) is 0 Å². The second-order valence-corrected chi connectivity index (χ2v) is 8.28. The normalized spacial score (nSPS) is 18.2. The van der Waals surface area contributed by atoms with Crippen LogP contribution in [0.25, 0.3) is 0 Å². The number of carbonyl (C=O) groups excluding carboxylic acids is 1. The number of halogens is 2. The number of hydrogen-bond donors (Lipinski definition) is 1. The Morgan fingerprint density at radius 1 is 1.24 bits per heavy atom. The van der Waals surface area contributed by atoms with E-state index in [2.05, 4.69) is 9.97 Å². The van der Waals surface area contributed by atoms with Crippen molar-refractivity contribution in [1.82, 2.24) is 14.8 Å². The summed E-state index contributed by atoms with van der Waals surface area (Å²) in [4.78, 5) is 27.6. The van der Waals surface area contributed by atoms with E-state index in [9.17, 15) is 9.82 Å². The number of fused-ring (bicyclic) bond motifs is 1. The lowest BCUT2D eigenvalue weighted by atomic mass is 9.82. The monoisotopic (exact) mass is 433 g/mol. The van der Waals surface area contributed by atoms with Gasteiger partial charge < -0.3 is 9.83 Å². The predicted molar refractivity (Wildman–Crippen MR) is 116 cm³/mol. The number of benzene rings is 1. The molecule has 4 rings (SSSR count). The average Bonchev–Trinajstić information content (AvgIpc) is 2.68. The summed E-state index contributed by atoms with van der Waals surface area (Å²) in [6.45, 7) is 5.43. The van der Waals surface area contributed by atoms with Crippen molar-refractivity contribution in [2.45, 2.75) is 39.2 Å². The van der Waals surface area contributed by atoms with E-state index in [-0.39, 0.29) is 17.4 Å². The van der Waals surface area contributed by atoms with Gasteiger partial charge in [0.15, 0.2) is 0 Å². The second-order valence-electron chi connectivity index (χ2n) is 7.53. The lowest BCUT2D eigenvalue weighted by Crippen LogP contribution is -2.56. The molecular weight excluding hydrogens is 412 g/mol. The molecule has 1 aromatic heterocycles. The Morgan fingerprint density at radius 2 is 1.97 bits per heavy atom. The van der Waals surface area contributed by atoms with E-state index in [4.69, 9.17) is 23.2 Å². The Kier molecular flexibility index (Phi) is 5.70. The van der Waals surface area contributed by atoms with Crippen LogP contribution >= 0.6 is 23.2 Å². The van der Waals surface area contributed by atoms with Gasteiger partial charge in [-0.15, -0.1) is 0 Å². The summed E-state index contributed by atoms with van der Waals surface area (Å²) in [6.07, 6.45) is 3.13. The molecule has 1 N–H and O–H groups in total. The lowest BCUT2D eigenvalue weighted by molar-refractivity contribution is 0.238. The van der Waals surface area contributed by atoms with Gasteiger partial charge in [-0.2, -0.15) is 4.98 Å². The molecule has 29 heavy (non-hydrogen) atoms. The van der Waals surface area contributed by atoms with Gasteiger partial charge in [-0.05, 0) is 62.9 Å². The molecule has 10 heteroatoms. The highest BCUT2D eigenvalue weighted by Crippen LogP contribution is 2.38. The number of piperidine rings is 1. The molecule has 7 nitrogen and oxygen atoms in total. The van der Waals surface area contributed by atoms with Crippen LogP contribution in [0.3, 0.4) is 0 Å². The summed E-state index contributed by atoms with van der Waals surface area (Å²) in [5.41, 5.74) is 2.45. The highest BCUT2D eigenvalue weighted by atomic mass is 35.5. The molecule has 152 valence electrons. The number of para-hydroxylation sites is 1. The fourth-order valence-electron chi connectivity index (χ4n) is 4.14. The van der Waals surface area contributed by atoms with Gasteiger partial charge >= 0.3 is 13.1 Å². The van der Waals surface area contributed by atoms with Crippen LogP contribution in [-0.2, 0) is 6.54 Å². The number of carbonyl (C=O) groups is 1. The predicted octanol–water partition coefficient (Wildman–Crippen LogP) is 3.61. The summed E-state index contributed by atoms with van der Waals surface area (Å²) < 4.78 is 0. The zero-order chi connectivity index (χ0) is 20.7. The maximum absolute atomic E-state index is 13.6. The molecule has 1 saturated heterocycles. The number of amides is 2. The highest BCUT2D eigenvalue weighted by molar-refractivity contribution is 6.45. The topological polar surface area (TPSA) is 72.8 Å². The molecule has 1 fully saturated rings. The van der Waals surface area contributed by atoms with Crippen LogP contribution in [0.15, 0.2) is 24.4 Å². The van der Waals surface area contributed by atoms with E-state index in [1.807, 2.05) is 23.9 Å². The van der Waals surface area contributed by atoms with Gasteiger partial charge in [0.1, 0.15) is 5.82 Å². The maximum Gasteiger partial charge on any atom is 0.376 e. The van der Waals surface area contributed by atoms with Gasteiger partial charge in [0.25, 0.3) is 0 Å². The molecule has 0 bridgehead atoms. The van der Waals surface area contributed by atoms with Crippen LogP contribution in [-0.4, -0.2) is 52.0 Å². The van der Waals surface area contributed by atoms with Crippen molar-refractivity contribution in [2.75, 3.05) is 22.9 Å². The zero-order valence-corrected chi connectivity index (χ0v) is 17.9. The quantitative estimate of drug-likeness (QED) is 0.591. The van der Waals surface area contributed by atoms with Crippen molar-refractivity contribution in [3.05, 3.63) is 45.8 Å². The molecule has 0 radical (unpaired) electrons. The fraction of sp³-hybridized carbons (Fsp3) is 0.421. The molecule has 0 saturated carbocycles. The van der Waals surface area contributed by atoms with E-state index in [0.717, 1.165) is 24.0 Å². The minimum atomic E-state index is -0.501.